The lowest BCUT2D eigenvalue weighted by Gasteiger charge is -2.03. The summed E-state index contributed by atoms with van der Waals surface area (Å²) in [6, 6.07) is 11.8. The van der Waals surface area contributed by atoms with Gasteiger partial charge in [-0.1, -0.05) is 37.3 Å². The van der Waals surface area contributed by atoms with Crippen LogP contribution in [0.15, 0.2) is 48.8 Å². The fraction of sp³-hybridized carbons (Fsp3) is 0.143. The summed E-state index contributed by atoms with van der Waals surface area (Å²) in [5.74, 6) is 0.130. The highest BCUT2D eigenvalue weighted by Crippen LogP contribution is 2.19. The second-order valence-electron chi connectivity index (χ2n) is 3.61. The molecule has 1 aromatic heterocycles. The van der Waals surface area contributed by atoms with Crippen LogP contribution in [0.25, 0.3) is 11.1 Å². The first-order valence-electron chi connectivity index (χ1n) is 5.35. The summed E-state index contributed by atoms with van der Waals surface area (Å²) in [4.78, 5) is 15.7. The molecule has 0 atom stereocenters. The summed E-state index contributed by atoms with van der Waals surface area (Å²) in [7, 11) is 0. The lowest BCUT2D eigenvalue weighted by molar-refractivity contribution is 0.0988. The van der Waals surface area contributed by atoms with Crippen LogP contribution in [0.2, 0.25) is 0 Å². The molecule has 0 bridgehead atoms. The van der Waals surface area contributed by atoms with E-state index in [1.165, 1.54) is 0 Å². The number of hydrogen-bond donors (Lipinski definition) is 0. The minimum absolute atomic E-state index is 0.130. The molecular weight excluding hydrogens is 198 g/mol. The first-order chi connectivity index (χ1) is 7.81. The van der Waals surface area contributed by atoms with Gasteiger partial charge in [-0.15, -0.1) is 0 Å². The fourth-order valence-electron chi connectivity index (χ4n) is 1.59. The molecule has 0 aliphatic carbocycles. The van der Waals surface area contributed by atoms with Gasteiger partial charge in [0.05, 0.1) is 0 Å². The number of pyridine rings is 1. The predicted octanol–water partition coefficient (Wildman–Crippen LogP) is 3.34. The molecule has 0 N–H and O–H groups in total. The molecule has 1 aromatic carbocycles. The van der Waals surface area contributed by atoms with Crippen LogP contribution in [-0.4, -0.2) is 10.8 Å². The van der Waals surface area contributed by atoms with E-state index >= 15 is 0 Å². The van der Waals surface area contributed by atoms with Crippen LogP contribution >= 0.6 is 0 Å². The van der Waals surface area contributed by atoms with Crippen LogP contribution in [0.4, 0.5) is 0 Å². The molecular formula is C14H13NO. The predicted molar refractivity (Wildman–Crippen MR) is 64.3 cm³/mol. The van der Waals surface area contributed by atoms with E-state index in [1.807, 2.05) is 43.3 Å². The average molecular weight is 211 g/mol. The number of hydrogen-bond acceptors (Lipinski definition) is 2. The van der Waals surface area contributed by atoms with Crippen molar-refractivity contribution in [2.24, 2.45) is 0 Å². The quantitative estimate of drug-likeness (QED) is 0.729. The molecule has 0 amide bonds. The second-order valence-corrected chi connectivity index (χ2v) is 3.61. The van der Waals surface area contributed by atoms with Crippen molar-refractivity contribution >= 4 is 5.78 Å². The van der Waals surface area contributed by atoms with Crippen molar-refractivity contribution in [2.75, 3.05) is 0 Å². The number of nitrogens with zero attached hydrogens (tertiary/aromatic N) is 1. The van der Waals surface area contributed by atoms with Gasteiger partial charge in [0.2, 0.25) is 0 Å². The van der Waals surface area contributed by atoms with E-state index in [9.17, 15) is 4.79 Å². The molecule has 80 valence electrons. The van der Waals surface area contributed by atoms with Crippen molar-refractivity contribution in [1.29, 1.82) is 0 Å². The van der Waals surface area contributed by atoms with E-state index in [1.54, 1.807) is 12.4 Å². The molecule has 2 nitrogen and oxygen atoms in total. The largest absolute Gasteiger partial charge is 0.294 e. The first kappa shape index (κ1) is 10.6. The Balaban J connectivity index is 2.40. The van der Waals surface area contributed by atoms with Gasteiger partial charge in [0.15, 0.2) is 5.78 Å². The molecule has 0 saturated carbocycles. The maximum Gasteiger partial charge on any atom is 0.164 e. The van der Waals surface area contributed by atoms with Gasteiger partial charge in [0.1, 0.15) is 0 Å². The topological polar surface area (TPSA) is 30.0 Å². The Morgan fingerprint density at radius 3 is 2.56 bits per heavy atom. The first-order valence-corrected chi connectivity index (χ1v) is 5.35. The molecule has 0 spiro atoms. The van der Waals surface area contributed by atoms with Crippen LogP contribution in [0, 0.1) is 0 Å². The summed E-state index contributed by atoms with van der Waals surface area (Å²) in [5.41, 5.74) is 2.75. The van der Waals surface area contributed by atoms with E-state index in [0.29, 0.717) is 12.0 Å². The SMILES string of the molecule is CCC(=O)c1cncc(-c2ccccc2)c1. The van der Waals surface area contributed by atoms with Gasteiger partial charge in [0, 0.05) is 29.9 Å². The summed E-state index contributed by atoms with van der Waals surface area (Å²) >= 11 is 0. The number of Topliss-reactive ketones (excluding diaryl/α,β-unsaturated/α-hetero) is 1. The number of ketones is 1. The third kappa shape index (κ3) is 2.16. The molecule has 2 rings (SSSR count). The van der Waals surface area contributed by atoms with Crippen molar-refractivity contribution in [3.8, 4) is 11.1 Å². The Labute approximate surface area is 95.0 Å². The summed E-state index contributed by atoms with van der Waals surface area (Å²) in [6.45, 7) is 1.86. The summed E-state index contributed by atoms with van der Waals surface area (Å²) < 4.78 is 0. The highest BCUT2D eigenvalue weighted by atomic mass is 16.1. The number of benzene rings is 1. The Morgan fingerprint density at radius 2 is 1.88 bits per heavy atom. The zero-order valence-corrected chi connectivity index (χ0v) is 9.18. The van der Waals surface area contributed by atoms with E-state index in [2.05, 4.69) is 4.98 Å². The molecule has 2 aromatic rings. The molecule has 0 unspecified atom stereocenters. The molecule has 0 aliphatic heterocycles. The van der Waals surface area contributed by atoms with Crippen molar-refractivity contribution in [1.82, 2.24) is 4.98 Å². The van der Waals surface area contributed by atoms with Gasteiger partial charge in [-0.2, -0.15) is 0 Å². The van der Waals surface area contributed by atoms with Crippen LogP contribution in [0.3, 0.4) is 0 Å². The highest BCUT2D eigenvalue weighted by Gasteiger charge is 2.05. The Kier molecular flexibility index (Phi) is 3.10. The normalized spacial score (nSPS) is 10.1. The highest BCUT2D eigenvalue weighted by molar-refractivity contribution is 5.96. The van der Waals surface area contributed by atoms with E-state index in [-0.39, 0.29) is 5.78 Å². The van der Waals surface area contributed by atoms with Crippen molar-refractivity contribution in [3.63, 3.8) is 0 Å². The summed E-state index contributed by atoms with van der Waals surface area (Å²) in [5, 5.41) is 0. The minimum Gasteiger partial charge on any atom is -0.294 e. The minimum atomic E-state index is 0.130. The maximum absolute atomic E-state index is 11.6. The number of carbonyl (C=O) groups excluding carboxylic acids is 1. The third-order valence-corrected chi connectivity index (χ3v) is 2.49. The lowest BCUT2D eigenvalue weighted by Crippen LogP contribution is -1.97. The second kappa shape index (κ2) is 4.71. The van der Waals surface area contributed by atoms with Gasteiger partial charge in [-0.3, -0.25) is 9.78 Å². The summed E-state index contributed by atoms with van der Waals surface area (Å²) in [6.07, 6.45) is 3.92. The molecule has 0 radical (unpaired) electrons. The zero-order chi connectivity index (χ0) is 11.4. The standard InChI is InChI=1S/C14H13NO/c1-2-14(16)13-8-12(9-15-10-13)11-6-4-3-5-7-11/h3-10H,2H2,1H3. The fourth-order valence-corrected chi connectivity index (χ4v) is 1.59. The monoisotopic (exact) mass is 211 g/mol. The van der Waals surface area contributed by atoms with Gasteiger partial charge in [0.25, 0.3) is 0 Å². The van der Waals surface area contributed by atoms with Gasteiger partial charge >= 0.3 is 0 Å². The van der Waals surface area contributed by atoms with E-state index in [4.69, 9.17) is 0 Å². The molecule has 0 aliphatic rings. The molecule has 16 heavy (non-hydrogen) atoms. The Hall–Kier alpha value is -1.96. The molecule has 2 heteroatoms. The van der Waals surface area contributed by atoms with Crippen LogP contribution in [0.5, 0.6) is 0 Å². The van der Waals surface area contributed by atoms with Crippen LogP contribution < -0.4 is 0 Å². The number of aromatic nitrogens is 1. The smallest absolute Gasteiger partial charge is 0.164 e. The molecule has 0 fully saturated rings. The Morgan fingerprint density at radius 1 is 1.12 bits per heavy atom. The third-order valence-electron chi connectivity index (χ3n) is 2.49. The van der Waals surface area contributed by atoms with Crippen molar-refractivity contribution < 1.29 is 4.79 Å². The van der Waals surface area contributed by atoms with E-state index in [0.717, 1.165) is 11.1 Å². The van der Waals surface area contributed by atoms with E-state index < -0.39 is 0 Å². The van der Waals surface area contributed by atoms with Crippen LogP contribution in [-0.2, 0) is 0 Å². The van der Waals surface area contributed by atoms with Gasteiger partial charge in [-0.25, -0.2) is 0 Å². The number of carbonyl (C=O) groups is 1. The Bertz CT molecular complexity index is 491. The van der Waals surface area contributed by atoms with Gasteiger partial charge < -0.3 is 0 Å². The van der Waals surface area contributed by atoms with Crippen LogP contribution in [0.1, 0.15) is 23.7 Å². The molecule has 0 saturated heterocycles. The number of rotatable bonds is 3. The van der Waals surface area contributed by atoms with Gasteiger partial charge in [-0.05, 0) is 11.6 Å². The molecule has 1 heterocycles. The van der Waals surface area contributed by atoms with Crippen molar-refractivity contribution in [2.45, 2.75) is 13.3 Å². The van der Waals surface area contributed by atoms with Crippen molar-refractivity contribution in [3.05, 3.63) is 54.4 Å². The zero-order valence-electron chi connectivity index (χ0n) is 9.18. The maximum atomic E-state index is 11.6. The lowest BCUT2D eigenvalue weighted by atomic mass is 10.0. The average Bonchev–Trinajstić information content (AvgIpc) is 2.39.